The third-order valence-electron chi connectivity index (χ3n) is 3.86. The topological polar surface area (TPSA) is 54.0 Å². The Kier molecular flexibility index (Phi) is 5.54. The zero-order valence-electron chi connectivity index (χ0n) is 12.4. The van der Waals surface area contributed by atoms with Gasteiger partial charge in [0.2, 0.25) is 5.91 Å². The minimum Gasteiger partial charge on any atom is -0.306 e. The number of hydrogen-bond donors (Lipinski definition) is 2. The van der Waals surface area contributed by atoms with E-state index in [0.717, 1.165) is 24.1 Å². The molecular weight excluding hydrogens is 353 g/mol. The number of benzene rings is 1. The average Bonchev–Trinajstić information content (AvgIpc) is 3.17. The van der Waals surface area contributed by atoms with E-state index in [0.29, 0.717) is 27.8 Å². The van der Waals surface area contributed by atoms with Crippen LogP contribution in [-0.2, 0) is 4.79 Å². The van der Waals surface area contributed by atoms with Gasteiger partial charge >= 0.3 is 0 Å². The first-order chi connectivity index (χ1) is 11.1. The zero-order valence-corrected chi connectivity index (χ0v) is 14.8. The number of hydrogen-bond acceptors (Lipinski definition) is 4. The van der Waals surface area contributed by atoms with Gasteiger partial charge in [0.05, 0.1) is 17.3 Å². The second kappa shape index (κ2) is 7.62. The normalized spacial score (nSPS) is 15.0. The van der Waals surface area contributed by atoms with Gasteiger partial charge in [0.15, 0.2) is 5.13 Å². The van der Waals surface area contributed by atoms with Crippen LogP contribution in [-0.4, -0.2) is 23.5 Å². The Hall–Kier alpha value is -1.14. The lowest BCUT2D eigenvalue weighted by molar-refractivity contribution is -0.115. The van der Waals surface area contributed by atoms with Crippen LogP contribution < -0.4 is 10.6 Å². The van der Waals surface area contributed by atoms with Crippen molar-refractivity contribution in [2.24, 2.45) is 0 Å². The maximum atomic E-state index is 12.0. The Balaban J connectivity index is 1.59. The summed E-state index contributed by atoms with van der Waals surface area (Å²) in [5.74, 6) is -0.0694. The van der Waals surface area contributed by atoms with E-state index in [2.05, 4.69) is 15.6 Å². The van der Waals surface area contributed by atoms with Gasteiger partial charge < -0.3 is 10.6 Å². The molecule has 0 atom stereocenters. The van der Waals surface area contributed by atoms with Crippen LogP contribution in [0.1, 0.15) is 25.7 Å². The van der Waals surface area contributed by atoms with Gasteiger partial charge in [-0.25, -0.2) is 4.98 Å². The van der Waals surface area contributed by atoms with Crippen LogP contribution in [0.3, 0.4) is 0 Å². The van der Waals surface area contributed by atoms with Crippen molar-refractivity contribution >= 4 is 45.6 Å². The molecule has 0 unspecified atom stereocenters. The quantitative estimate of drug-likeness (QED) is 0.810. The predicted octanol–water partition coefficient (Wildman–Crippen LogP) is 4.59. The molecular formula is C16H17Cl2N3OS. The largest absolute Gasteiger partial charge is 0.306 e. The van der Waals surface area contributed by atoms with Gasteiger partial charge in [0.25, 0.3) is 0 Å². The molecule has 1 aliphatic carbocycles. The highest BCUT2D eigenvalue weighted by molar-refractivity contribution is 7.14. The van der Waals surface area contributed by atoms with Crippen LogP contribution in [0.5, 0.6) is 0 Å². The fraction of sp³-hybridized carbons (Fsp3) is 0.375. The molecule has 2 aromatic rings. The molecule has 0 bridgehead atoms. The number of thiazole rings is 1. The highest BCUT2D eigenvalue weighted by Gasteiger charge is 2.16. The van der Waals surface area contributed by atoms with E-state index >= 15 is 0 Å². The fourth-order valence-electron chi connectivity index (χ4n) is 2.68. The summed E-state index contributed by atoms with van der Waals surface area (Å²) in [6.45, 7) is 0.321. The number of halogens is 2. The molecule has 0 aliphatic heterocycles. The Bertz CT molecular complexity index is 698. The second-order valence-electron chi connectivity index (χ2n) is 5.57. The third kappa shape index (κ3) is 4.44. The van der Waals surface area contributed by atoms with E-state index in [1.165, 1.54) is 24.2 Å². The number of anilines is 1. The molecule has 1 aliphatic rings. The number of aromatic nitrogens is 1. The van der Waals surface area contributed by atoms with Gasteiger partial charge in [0, 0.05) is 22.0 Å². The lowest BCUT2D eigenvalue weighted by atomic mass is 10.2. The van der Waals surface area contributed by atoms with Crippen molar-refractivity contribution in [3.63, 3.8) is 0 Å². The summed E-state index contributed by atoms with van der Waals surface area (Å²) in [7, 11) is 0. The van der Waals surface area contributed by atoms with Gasteiger partial charge in [-0.3, -0.25) is 4.79 Å². The van der Waals surface area contributed by atoms with Gasteiger partial charge in [-0.05, 0) is 31.0 Å². The van der Waals surface area contributed by atoms with Crippen LogP contribution in [0.15, 0.2) is 23.6 Å². The van der Waals surface area contributed by atoms with E-state index < -0.39 is 0 Å². The van der Waals surface area contributed by atoms with E-state index in [4.69, 9.17) is 23.2 Å². The first kappa shape index (κ1) is 16.7. The maximum Gasteiger partial charge on any atom is 0.240 e. The van der Waals surface area contributed by atoms with E-state index in [9.17, 15) is 4.79 Å². The van der Waals surface area contributed by atoms with Crippen molar-refractivity contribution in [1.29, 1.82) is 0 Å². The molecule has 3 rings (SSSR count). The molecule has 1 amide bonds. The molecule has 4 nitrogen and oxygen atoms in total. The van der Waals surface area contributed by atoms with Crippen molar-refractivity contribution in [3.05, 3.63) is 33.6 Å². The lowest BCUT2D eigenvalue weighted by Crippen LogP contribution is -2.34. The molecule has 122 valence electrons. The van der Waals surface area contributed by atoms with E-state index in [-0.39, 0.29) is 5.91 Å². The maximum absolute atomic E-state index is 12.0. The summed E-state index contributed by atoms with van der Waals surface area (Å²) in [5, 5.41) is 9.68. The molecule has 1 aromatic heterocycles. The van der Waals surface area contributed by atoms with Crippen LogP contribution in [0, 0.1) is 0 Å². The Morgan fingerprint density at radius 1 is 1.30 bits per heavy atom. The summed E-state index contributed by atoms with van der Waals surface area (Å²) >= 11 is 13.5. The highest BCUT2D eigenvalue weighted by Crippen LogP contribution is 2.32. The van der Waals surface area contributed by atoms with Gasteiger partial charge in [0.1, 0.15) is 0 Å². The SMILES string of the molecule is O=C(CNC1CCCC1)Nc1nc(-c2ccc(Cl)cc2Cl)cs1. The monoisotopic (exact) mass is 369 g/mol. The molecule has 7 heteroatoms. The van der Waals surface area contributed by atoms with Crippen LogP contribution in [0.2, 0.25) is 10.0 Å². The molecule has 0 radical (unpaired) electrons. The van der Waals surface area contributed by atoms with Crippen molar-refractivity contribution < 1.29 is 4.79 Å². The Morgan fingerprint density at radius 2 is 2.09 bits per heavy atom. The summed E-state index contributed by atoms with van der Waals surface area (Å²) < 4.78 is 0. The molecule has 1 fully saturated rings. The minimum absolute atomic E-state index is 0.0694. The summed E-state index contributed by atoms with van der Waals surface area (Å²) in [5.41, 5.74) is 1.53. The number of carbonyl (C=O) groups excluding carboxylic acids is 1. The van der Waals surface area contributed by atoms with E-state index in [1.54, 1.807) is 12.1 Å². The number of rotatable bonds is 5. The number of nitrogens with zero attached hydrogens (tertiary/aromatic N) is 1. The second-order valence-corrected chi connectivity index (χ2v) is 7.27. The van der Waals surface area contributed by atoms with Gasteiger partial charge in [-0.1, -0.05) is 36.0 Å². The summed E-state index contributed by atoms with van der Waals surface area (Å²) in [6, 6.07) is 5.75. The first-order valence-corrected chi connectivity index (χ1v) is 9.19. The first-order valence-electron chi connectivity index (χ1n) is 7.56. The standard InChI is InChI=1S/C16H17Cl2N3OS/c17-10-5-6-12(13(18)7-10)14-9-23-16(20-14)21-15(22)8-19-11-3-1-2-4-11/h5-7,9,11,19H,1-4,8H2,(H,20,21,22). The summed E-state index contributed by atoms with van der Waals surface area (Å²) in [6.07, 6.45) is 4.81. The molecule has 0 saturated heterocycles. The van der Waals surface area contributed by atoms with Crippen LogP contribution in [0.25, 0.3) is 11.3 Å². The van der Waals surface area contributed by atoms with Crippen molar-refractivity contribution in [1.82, 2.24) is 10.3 Å². The van der Waals surface area contributed by atoms with Crippen molar-refractivity contribution in [2.45, 2.75) is 31.7 Å². The molecule has 1 heterocycles. The lowest BCUT2D eigenvalue weighted by Gasteiger charge is -2.10. The van der Waals surface area contributed by atoms with Crippen LogP contribution in [0.4, 0.5) is 5.13 Å². The third-order valence-corrected chi connectivity index (χ3v) is 5.17. The molecule has 1 aromatic carbocycles. The number of amides is 1. The van der Waals surface area contributed by atoms with E-state index in [1.807, 2.05) is 11.4 Å². The minimum atomic E-state index is -0.0694. The molecule has 1 saturated carbocycles. The smallest absolute Gasteiger partial charge is 0.240 e. The zero-order chi connectivity index (χ0) is 16.2. The highest BCUT2D eigenvalue weighted by atomic mass is 35.5. The Morgan fingerprint density at radius 3 is 2.83 bits per heavy atom. The van der Waals surface area contributed by atoms with Gasteiger partial charge in [-0.2, -0.15) is 0 Å². The average molecular weight is 370 g/mol. The van der Waals surface area contributed by atoms with Crippen molar-refractivity contribution in [3.8, 4) is 11.3 Å². The molecule has 2 N–H and O–H groups in total. The van der Waals surface area contributed by atoms with Gasteiger partial charge in [-0.15, -0.1) is 11.3 Å². The Labute approximate surface area is 149 Å². The van der Waals surface area contributed by atoms with Crippen LogP contribution >= 0.6 is 34.5 Å². The predicted molar refractivity (Wildman–Crippen MR) is 96.5 cm³/mol. The summed E-state index contributed by atoms with van der Waals surface area (Å²) in [4.78, 5) is 16.4. The number of nitrogens with one attached hydrogen (secondary N) is 2. The fourth-order valence-corrected chi connectivity index (χ4v) is 3.91. The molecule has 0 spiro atoms. The number of carbonyl (C=O) groups is 1. The van der Waals surface area contributed by atoms with Crippen molar-refractivity contribution in [2.75, 3.05) is 11.9 Å². The molecule has 23 heavy (non-hydrogen) atoms.